The first kappa shape index (κ1) is 41.0. The van der Waals surface area contributed by atoms with Crippen molar-refractivity contribution in [1.82, 2.24) is 24.7 Å². The summed E-state index contributed by atoms with van der Waals surface area (Å²) in [6.45, 7) is 2.44. The van der Waals surface area contributed by atoms with Gasteiger partial charge < -0.3 is 34.5 Å². The number of ether oxygens (including phenoxy) is 3. The Morgan fingerprint density at radius 3 is 2.29 bits per heavy atom. The zero-order valence-electron chi connectivity index (χ0n) is 34.2. The number of alkyl carbamates (subject to hydrolysis) is 1. The first-order chi connectivity index (χ1) is 30.3. The fourth-order valence-corrected chi connectivity index (χ4v) is 8.88. The SMILES string of the molecule is O=C(NC1CC(=O)N(Cc2cccc(-c3cccc(C4OC(CN5CCC(n6c(=O)[nH]c7ccccc76)CC5)CC(c5ccc(CO)cc5)O4)c3)c2)C1=O)OCc1ccccc1. The van der Waals surface area contributed by atoms with Crippen LogP contribution in [0, 0.1) is 0 Å². The molecule has 0 radical (unpaired) electrons. The van der Waals surface area contributed by atoms with E-state index in [1.54, 1.807) is 0 Å². The van der Waals surface area contributed by atoms with E-state index in [1.165, 1.54) is 4.90 Å². The van der Waals surface area contributed by atoms with Gasteiger partial charge in [0.2, 0.25) is 5.91 Å². The van der Waals surface area contributed by atoms with E-state index in [0.717, 1.165) is 75.9 Å². The van der Waals surface area contributed by atoms with E-state index in [4.69, 9.17) is 14.2 Å². The molecule has 4 unspecified atom stereocenters. The molecule has 0 bridgehead atoms. The van der Waals surface area contributed by atoms with Gasteiger partial charge >= 0.3 is 11.8 Å². The van der Waals surface area contributed by atoms with Crippen molar-refractivity contribution < 1.29 is 33.7 Å². The molecule has 4 heterocycles. The number of aromatic amines is 1. The molecule has 0 spiro atoms. The molecule has 0 aliphatic carbocycles. The second kappa shape index (κ2) is 18.3. The van der Waals surface area contributed by atoms with Gasteiger partial charge in [-0.1, -0.05) is 103 Å². The monoisotopic (exact) mass is 835 g/mol. The zero-order chi connectivity index (χ0) is 42.6. The highest BCUT2D eigenvalue weighted by Gasteiger charge is 2.40. The van der Waals surface area contributed by atoms with Gasteiger partial charge in [-0.2, -0.15) is 0 Å². The Morgan fingerprint density at radius 2 is 1.50 bits per heavy atom. The van der Waals surface area contributed by atoms with Crippen molar-refractivity contribution in [2.24, 2.45) is 0 Å². The zero-order valence-corrected chi connectivity index (χ0v) is 34.2. The summed E-state index contributed by atoms with van der Waals surface area (Å²) in [5, 5.41) is 12.2. The third-order valence-corrected chi connectivity index (χ3v) is 12.1. The van der Waals surface area contributed by atoms with Crippen LogP contribution in [-0.4, -0.2) is 74.1 Å². The van der Waals surface area contributed by atoms with Crippen LogP contribution in [0.2, 0.25) is 0 Å². The van der Waals surface area contributed by atoms with Crippen LogP contribution < -0.4 is 11.0 Å². The molecule has 4 atom stereocenters. The number of carbonyl (C=O) groups is 3. The third kappa shape index (κ3) is 9.12. The number of amides is 3. The maximum absolute atomic E-state index is 13.3. The van der Waals surface area contributed by atoms with Crippen molar-refractivity contribution in [3.63, 3.8) is 0 Å². The summed E-state index contributed by atoms with van der Waals surface area (Å²) in [6.07, 6.45) is 0.401. The fourth-order valence-electron chi connectivity index (χ4n) is 8.88. The summed E-state index contributed by atoms with van der Waals surface area (Å²) in [5.41, 5.74) is 7.80. The van der Waals surface area contributed by atoms with E-state index >= 15 is 0 Å². The molecule has 13 nitrogen and oxygen atoms in total. The van der Waals surface area contributed by atoms with Gasteiger partial charge in [-0.15, -0.1) is 0 Å². The summed E-state index contributed by atoms with van der Waals surface area (Å²) in [6, 6.07) is 39.8. The van der Waals surface area contributed by atoms with Crippen LogP contribution >= 0.6 is 0 Å². The van der Waals surface area contributed by atoms with Crippen molar-refractivity contribution >= 4 is 28.9 Å². The highest BCUT2D eigenvalue weighted by Crippen LogP contribution is 2.40. The van der Waals surface area contributed by atoms with Gasteiger partial charge in [0.25, 0.3) is 5.91 Å². The van der Waals surface area contributed by atoms with Crippen LogP contribution in [0.1, 0.15) is 71.9 Å². The molecule has 3 N–H and O–H groups in total. The number of benzene rings is 5. The van der Waals surface area contributed by atoms with Crippen molar-refractivity contribution in [1.29, 1.82) is 0 Å². The number of nitrogens with zero attached hydrogens (tertiary/aromatic N) is 3. The molecular weight excluding hydrogens is 787 g/mol. The minimum absolute atomic E-state index is 0.0385. The summed E-state index contributed by atoms with van der Waals surface area (Å²) in [5.74, 6) is -0.846. The van der Waals surface area contributed by atoms with Crippen molar-refractivity contribution in [3.05, 3.63) is 166 Å². The van der Waals surface area contributed by atoms with Gasteiger partial charge in [0.1, 0.15) is 12.6 Å². The van der Waals surface area contributed by atoms with E-state index < -0.39 is 24.3 Å². The van der Waals surface area contributed by atoms with Crippen LogP contribution in [0.25, 0.3) is 22.2 Å². The Balaban J connectivity index is 0.872. The van der Waals surface area contributed by atoms with Crippen LogP contribution in [0.5, 0.6) is 0 Å². The van der Waals surface area contributed by atoms with Gasteiger partial charge in [-0.25, -0.2) is 9.59 Å². The second-order valence-corrected chi connectivity index (χ2v) is 16.3. The Morgan fingerprint density at radius 1 is 0.774 bits per heavy atom. The predicted octanol–water partition coefficient (Wildman–Crippen LogP) is 6.93. The molecular formula is C49H49N5O8. The quantitative estimate of drug-likeness (QED) is 0.111. The number of likely N-dealkylation sites (tertiary alicyclic amines) is 2. The summed E-state index contributed by atoms with van der Waals surface area (Å²) < 4.78 is 20.7. The number of hydrogen-bond acceptors (Lipinski definition) is 9. The normalized spacial score (nSPS) is 21.1. The van der Waals surface area contributed by atoms with Gasteiger partial charge in [0.05, 0.1) is 42.8 Å². The molecule has 62 heavy (non-hydrogen) atoms. The van der Waals surface area contributed by atoms with Crippen LogP contribution in [0.3, 0.4) is 0 Å². The number of carbonyl (C=O) groups excluding carboxylic acids is 3. The number of H-pyrrole nitrogens is 1. The second-order valence-electron chi connectivity index (χ2n) is 16.3. The average Bonchev–Trinajstić information content (AvgIpc) is 3.78. The van der Waals surface area contributed by atoms with Crippen LogP contribution in [0.15, 0.2) is 132 Å². The Bertz CT molecular complexity index is 2600. The van der Waals surface area contributed by atoms with E-state index in [0.29, 0.717) is 13.0 Å². The Kier molecular flexibility index (Phi) is 12.1. The number of nitrogens with one attached hydrogen (secondary N) is 2. The summed E-state index contributed by atoms with van der Waals surface area (Å²) >= 11 is 0. The maximum Gasteiger partial charge on any atom is 0.408 e. The molecule has 6 aromatic rings. The summed E-state index contributed by atoms with van der Waals surface area (Å²) in [4.78, 5) is 58.4. The van der Waals surface area contributed by atoms with Crippen molar-refractivity contribution in [3.8, 4) is 11.1 Å². The number of aliphatic hydroxyl groups is 1. The van der Waals surface area contributed by atoms with E-state index in [9.17, 15) is 24.3 Å². The number of para-hydroxylation sites is 2. The maximum atomic E-state index is 13.3. The number of hydrogen-bond donors (Lipinski definition) is 3. The highest BCUT2D eigenvalue weighted by atomic mass is 16.7. The van der Waals surface area contributed by atoms with E-state index in [1.807, 2.05) is 126 Å². The van der Waals surface area contributed by atoms with Crippen molar-refractivity contribution in [2.45, 2.75) is 76.0 Å². The summed E-state index contributed by atoms with van der Waals surface area (Å²) in [7, 11) is 0. The third-order valence-electron chi connectivity index (χ3n) is 12.1. The smallest absolute Gasteiger partial charge is 0.408 e. The topological polar surface area (TPSA) is 155 Å². The van der Waals surface area contributed by atoms with E-state index in [-0.39, 0.29) is 56.0 Å². The van der Waals surface area contributed by atoms with Crippen molar-refractivity contribution in [2.75, 3.05) is 19.6 Å². The molecule has 5 aromatic carbocycles. The van der Waals surface area contributed by atoms with Gasteiger partial charge in [0, 0.05) is 37.7 Å². The number of imidazole rings is 1. The molecule has 3 amide bonds. The lowest BCUT2D eigenvalue weighted by Gasteiger charge is -2.40. The first-order valence-electron chi connectivity index (χ1n) is 21.2. The number of fused-ring (bicyclic) bond motifs is 1. The molecule has 3 aliphatic rings. The number of rotatable bonds is 12. The van der Waals surface area contributed by atoms with E-state index in [2.05, 4.69) is 21.3 Å². The Labute approximate surface area is 358 Å². The lowest BCUT2D eigenvalue weighted by Crippen LogP contribution is -2.43. The number of aliphatic hydroxyl groups excluding tert-OH is 1. The number of aromatic nitrogens is 2. The minimum atomic E-state index is -0.996. The minimum Gasteiger partial charge on any atom is -0.445 e. The molecule has 3 saturated heterocycles. The molecule has 13 heteroatoms. The molecule has 3 aliphatic heterocycles. The fraction of sp³-hybridized carbons (Fsp3) is 0.306. The molecule has 3 fully saturated rings. The van der Waals surface area contributed by atoms with Gasteiger partial charge in [-0.3, -0.25) is 19.1 Å². The van der Waals surface area contributed by atoms with Crippen LogP contribution in [0.4, 0.5) is 4.79 Å². The first-order valence-corrected chi connectivity index (χ1v) is 21.2. The lowest BCUT2D eigenvalue weighted by molar-refractivity contribution is -0.253. The largest absolute Gasteiger partial charge is 0.445 e. The molecule has 318 valence electrons. The predicted molar refractivity (Wildman–Crippen MR) is 231 cm³/mol. The number of imide groups is 1. The van der Waals surface area contributed by atoms with Crippen LogP contribution in [-0.2, 0) is 43.6 Å². The molecule has 9 rings (SSSR count). The molecule has 0 saturated carbocycles. The standard InChI is InChI=1S/C49H49N5O8/c55-30-32-16-18-35(19-17-32)44-26-40(29-52-22-20-39(21-23-52)54-43-15-5-4-14-41(43)50-48(54)58)61-47(62-44)38-13-7-12-37(25-38)36-11-6-10-34(24-36)28-53-45(56)27-42(46(53)57)51-49(59)60-31-33-8-2-1-3-9-33/h1-19,24-25,39-40,42,44,47,55H,20-23,26-31H2,(H,50,58)(H,51,59). The Hall–Kier alpha value is -6.38. The molecule has 1 aromatic heterocycles. The number of piperidine rings is 1. The van der Waals surface area contributed by atoms with Gasteiger partial charge in [-0.05, 0) is 70.5 Å². The highest BCUT2D eigenvalue weighted by molar-refractivity contribution is 6.06. The lowest BCUT2D eigenvalue weighted by atomic mass is 9.97. The average molecular weight is 836 g/mol. The van der Waals surface area contributed by atoms with Gasteiger partial charge in [0.15, 0.2) is 6.29 Å².